The van der Waals surface area contributed by atoms with Crippen molar-refractivity contribution in [2.75, 3.05) is 13.6 Å². The van der Waals surface area contributed by atoms with E-state index in [4.69, 9.17) is 0 Å². The summed E-state index contributed by atoms with van der Waals surface area (Å²) in [5.41, 5.74) is 2.13. The zero-order chi connectivity index (χ0) is 15.8. The fraction of sp³-hybridized carbons (Fsp3) is 0.278. The molecule has 2 aromatic rings. The van der Waals surface area contributed by atoms with Gasteiger partial charge in [0.05, 0.1) is 0 Å². The lowest BCUT2D eigenvalue weighted by Gasteiger charge is -2.16. The Kier molecular flexibility index (Phi) is 6.10. The molecule has 1 amide bonds. The molecule has 2 aromatic carbocycles. The molecule has 0 saturated carbocycles. The zero-order valence-electron chi connectivity index (χ0n) is 12.8. The molecule has 0 saturated heterocycles. The van der Waals surface area contributed by atoms with Crippen molar-refractivity contribution in [2.24, 2.45) is 0 Å². The first kappa shape index (κ1) is 16.2. The molecule has 0 radical (unpaired) electrons. The Balaban J connectivity index is 1.67. The van der Waals surface area contributed by atoms with Crippen LogP contribution in [0.3, 0.4) is 0 Å². The lowest BCUT2D eigenvalue weighted by molar-refractivity contribution is -0.121. The van der Waals surface area contributed by atoms with Gasteiger partial charge in [-0.1, -0.05) is 42.5 Å². The third-order valence-corrected chi connectivity index (χ3v) is 3.42. The smallest absolute Gasteiger partial charge is 0.221 e. The Bertz CT molecular complexity index is 584. The van der Waals surface area contributed by atoms with E-state index in [1.165, 1.54) is 17.7 Å². The number of nitrogens with one attached hydrogen (secondary N) is 1. The number of halogens is 1. The maximum absolute atomic E-state index is 12.8. The summed E-state index contributed by atoms with van der Waals surface area (Å²) >= 11 is 0. The van der Waals surface area contributed by atoms with Crippen LogP contribution in [0.25, 0.3) is 0 Å². The van der Waals surface area contributed by atoms with Gasteiger partial charge in [0, 0.05) is 26.1 Å². The molecule has 0 aromatic heterocycles. The molecule has 0 aliphatic rings. The van der Waals surface area contributed by atoms with Crippen LogP contribution in [0.5, 0.6) is 0 Å². The largest absolute Gasteiger partial charge is 0.352 e. The molecule has 0 aliphatic heterocycles. The second-order valence-corrected chi connectivity index (χ2v) is 5.38. The topological polar surface area (TPSA) is 32.3 Å². The van der Waals surface area contributed by atoms with Gasteiger partial charge in [0.25, 0.3) is 0 Å². The van der Waals surface area contributed by atoms with E-state index in [0.717, 1.165) is 12.1 Å². The molecule has 1 N–H and O–H groups in total. The third kappa shape index (κ3) is 5.66. The number of hydrogen-bond donors (Lipinski definition) is 1. The van der Waals surface area contributed by atoms with Gasteiger partial charge in [-0.15, -0.1) is 0 Å². The highest BCUT2D eigenvalue weighted by molar-refractivity contribution is 5.76. The van der Waals surface area contributed by atoms with Gasteiger partial charge in [-0.05, 0) is 30.3 Å². The monoisotopic (exact) mass is 300 g/mol. The van der Waals surface area contributed by atoms with Gasteiger partial charge < -0.3 is 10.2 Å². The van der Waals surface area contributed by atoms with Gasteiger partial charge in [0.1, 0.15) is 5.82 Å². The Morgan fingerprint density at radius 1 is 1.05 bits per heavy atom. The number of amides is 1. The summed E-state index contributed by atoms with van der Waals surface area (Å²) < 4.78 is 12.8. The van der Waals surface area contributed by atoms with Crippen LogP contribution >= 0.6 is 0 Å². The minimum atomic E-state index is -0.266. The van der Waals surface area contributed by atoms with Crippen molar-refractivity contribution in [3.8, 4) is 0 Å². The first-order chi connectivity index (χ1) is 10.6. The number of hydrogen-bond acceptors (Lipinski definition) is 2. The molecule has 0 bridgehead atoms. The highest BCUT2D eigenvalue weighted by Gasteiger charge is 2.05. The van der Waals surface area contributed by atoms with E-state index in [2.05, 4.69) is 22.3 Å². The second-order valence-electron chi connectivity index (χ2n) is 5.38. The number of rotatable bonds is 7. The van der Waals surface area contributed by atoms with E-state index in [0.29, 0.717) is 19.5 Å². The molecule has 116 valence electrons. The first-order valence-electron chi connectivity index (χ1n) is 7.37. The van der Waals surface area contributed by atoms with Crippen LogP contribution in [0, 0.1) is 5.82 Å². The molecule has 0 heterocycles. The number of benzene rings is 2. The molecule has 3 nitrogen and oxygen atoms in total. The second kappa shape index (κ2) is 8.29. The van der Waals surface area contributed by atoms with Crippen molar-refractivity contribution in [1.29, 1.82) is 0 Å². The minimum absolute atomic E-state index is 0.00392. The standard InChI is InChI=1S/C18H21FN2O/c1-21(14-16-5-3-2-4-6-16)12-11-18(22)20-13-15-7-9-17(19)10-8-15/h2-10H,11-14H2,1H3,(H,20,22). The number of carbonyl (C=O) groups excluding carboxylic acids is 1. The maximum atomic E-state index is 12.8. The van der Waals surface area contributed by atoms with Gasteiger partial charge >= 0.3 is 0 Å². The lowest BCUT2D eigenvalue weighted by atomic mass is 10.2. The van der Waals surface area contributed by atoms with Crippen molar-refractivity contribution in [3.63, 3.8) is 0 Å². The van der Waals surface area contributed by atoms with E-state index >= 15 is 0 Å². The van der Waals surface area contributed by atoms with Crippen LogP contribution in [-0.4, -0.2) is 24.4 Å². The Morgan fingerprint density at radius 3 is 2.41 bits per heavy atom. The summed E-state index contributed by atoms with van der Waals surface area (Å²) in [5, 5.41) is 2.85. The molecule has 0 unspecified atom stereocenters. The Morgan fingerprint density at radius 2 is 1.73 bits per heavy atom. The first-order valence-corrected chi connectivity index (χ1v) is 7.37. The average Bonchev–Trinajstić information content (AvgIpc) is 2.53. The summed E-state index contributed by atoms with van der Waals surface area (Å²) in [7, 11) is 2.00. The van der Waals surface area contributed by atoms with Crippen LogP contribution in [0.2, 0.25) is 0 Å². The van der Waals surface area contributed by atoms with E-state index < -0.39 is 0 Å². The number of carbonyl (C=O) groups is 1. The van der Waals surface area contributed by atoms with Gasteiger partial charge in [-0.3, -0.25) is 4.79 Å². The molecular weight excluding hydrogens is 279 g/mol. The third-order valence-electron chi connectivity index (χ3n) is 3.42. The predicted octanol–water partition coefficient (Wildman–Crippen LogP) is 2.96. The zero-order valence-corrected chi connectivity index (χ0v) is 12.8. The van der Waals surface area contributed by atoms with Crippen molar-refractivity contribution in [2.45, 2.75) is 19.5 Å². The van der Waals surface area contributed by atoms with Crippen molar-refractivity contribution in [3.05, 3.63) is 71.5 Å². The van der Waals surface area contributed by atoms with Gasteiger partial charge in [0.2, 0.25) is 5.91 Å². The SMILES string of the molecule is CN(CCC(=O)NCc1ccc(F)cc1)Cc1ccccc1. The highest BCUT2D eigenvalue weighted by atomic mass is 19.1. The normalized spacial score (nSPS) is 10.7. The fourth-order valence-corrected chi connectivity index (χ4v) is 2.16. The molecule has 0 aliphatic carbocycles. The van der Waals surface area contributed by atoms with Gasteiger partial charge in [-0.2, -0.15) is 0 Å². The van der Waals surface area contributed by atoms with Crippen LogP contribution < -0.4 is 5.32 Å². The van der Waals surface area contributed by atoms with Crippen LogP contribution in [-0.2, 0) is 17.9 Å². The molecule has 0 spiro atoms. The summed E-state index contributed by atoms with van der Waals surface area (Å²) in [5.74, 6) is -0.262. The van der Waals surface area contributed by atoms with Gasteiger partial charge in [-0.25, -0.2) is 4.39 Å². The van der Waals surface area contributed by atoms with Crippen LogP contribution in [0.15, 0.2) is 54.6 Å². The molecule has 22 heavy (non-hydrogen) atoms. The summed E-state index contributed by atoms with van der Waals surface area (Å²) in [6, 6.07) is 16.3. The van der Waals surface area contributed by atoms with E-state index in [-0.39, 0.29) is 11.7 Å². The van der Waals surface area contributed by atoms with Crippen LogP contribution in [0.1, 0.15) is 17.5 Å². The van der Waals surface area contributed by atoms with Gasteiger partial charge in [0.15, 0.2) is 0 Å². The molecule has 2 rings (SSSR count). The summed E-state index contributed by atoms with van der Waals surface area (Å²) in [4.78, 5) is 13.9. The molecule has 4 heteroatoms. The van der Waals surface area contributed by atoms with E-state index in [9.17, 15) is 9.18 Å². The minimum Gasteiger partial charge on any atom is -0.352 e. The lowest BCUT2D eigenvalue weighted by Crippen LogP contribution is -2.28. The van der Waals surface area contributed by atoms with Crippen LogP contribution in [0.4, 0.5) is 4.39 Å². The highest BCUT2D eigenvalue weighted by Crippen LogP contribution is 2.04. The summed E-state index contributed by atoms with van der Waals surface area (Å²) in [6.45, 7) is 1.96. The molecule has 0 atom stereocenters. The number of nitrogens with zero attached hydrogens (tertiary/aromatic N) is 1. The fourth-order valence-electron chi connectivity index (χ4n) is 2.16. The molecule has 0 fully saturated rings. The summed E-state index contributed by atoms with van der Waals surface area (Å²) in [6.07, 6.45) is 0.449. The molecular formula is C18H21FN2O. The van der Waals surface area contributed by atoms with E-state index in [1.54, 1.807) is 12.1 Å². The van der Waals surface area contributed by atoms with E-state index in [1.807, 2.05) is 25.2 Å². The van der Waals surface area contributed by atoms with Crippen molar-refractivity contribution < 1.29 is 9.18 Å². The van der Waals surface area contributed by atoms with Crippen molar-refractivity contribution in [1.82, 2.24) is 10.2 Å². The maximum Gasteiger partial charge on any atom is 0.221 e. The van der Waals surface area contributed by atoms with Crippen molar-refractivity contribution >= 4 is 5.91 Å². The predicted molar refractivity (Wildman–Crippen MR) is 85.6 cm³/mol. The average molecular weight is 300 g/mol. The quantitative estimate of drug-likeness (QED) is 0.852. The Hall–Kier alpha value is -2.20. The Labute approximate surface area is 130 Å².